The van der Waals surface area contributed by atoms with Crippen molar-refractivity contribution in [2.24, 2.45) is 0 Å². The van der Waals surface area contributed by atoms with Gasteiger partial charge in [0, 0.05) is 18.1 Å². The summed E-state index contributed by atoms with van der Waals surface area (Å²) in [6.07, 6.45) is 5.21. The van der Waals surface area contributed by atoms with Crippen LogP contribution < -0.4 is 10.6 Å². The molecule has 6 heteroatoms. The Morgan fingerprint density at radius 3 is 2.84 bits per heavy atom. The van der Waals surface area contributed by atoms with Crippen LogP contribution in [0.2, 0.25) is 0 Å². The molecule has 0 unspecified atom stereocenters. The van der Waals surface area contributed by atoms with Crippen molar-refractivity contribution in [1.82, 2.24) is 15.1 Å². The Hall–Kier alpha value is -2.18. The number of amides is 1. The van der Waals surface area contributed by atoms with Gasteiger partial charge in [-0.25, -0.2) is 0 Å². The zero-order chi connectivity index (χ0) is 17.7. The summed E-state index contributed by atoms with van der Waals surface area (Å²) in [4.78, 5) is 13.1. The van der Waals surface area contributed by atoms with Gasteiger partial charge in [0.25, 0.3) is 5.91 Å². The molecule has 0 saturated carbocycles. The van der Waals surface area contributed by atoms with Crippen molar-refractivity contribution in [3.05, 3.63) is 48.3 Å². The number of carbonyl (C=O) groups is 1. The second-order valence-corrected chi connectivity index (χ2v) is 6.75. The summed E-state index contributed by atoms with van der Waals surface area (Å²) in [5.41, 5.74) is 1.20. The fraction of sp³-hybridized carbons (Fsp3) is 0.474. The molecule has 2 heterocycles. The molecule has 1 fully saturated rings. The molecule has 1 aliphatic heterocycles. The normalized spacial score (nSPS) is 16.8. The lowest BCUT2D eigenvalue weighted by Crippen LogP contribution is -2.52. The van der Waals surface area contributed by atoms with Gasteiger partial charge in [-0.1, -0.05) is 12.1 Å². The van der Waals surface area contributed by atoms with Crippen molar-refractivity contribution < 1.29 is 9.53 Å². The lowest BCUT2D eigenvalue weighted by Gasteiger charge is -2.36. The van der Waals surface area contributed by atoms with Crippen LogP contribution in [0.1, 0.15) is 32.3 Å². The molecule has 0 spiro atoms. The maximum absolute atomic E-state index is 13.1. The van der Waals surface area contributed by atoms with E-state index in [0.717, 1.165) is 37.2 Å². The number of hydrogen-bond donors (Lipinski definition) is 2. The first-order valence-electron chi connectivity index (χ1n) is 8.83. The van der Waals surface area contributed by atoms with Crippen LogP contribution in [0.15, 0.2) is 42.7 Å². The number of anilines is 1. The van der Waals surface area contributed by atoms with Crippen LogP contribution in [-0.4, -0.2) is 34.9 Å². The first kappa shape index (κ1) is 17.6. The number of aromatic nitrogens is 2. The van der Waals surface area contributed by atoms with Crippen molar-refractivity contribution in [3.8, 4) is 0 Å². The molecule has 1 aromatic heterocycles. The highest BCUT2D eigenvalue weighted by Crippen LogP contribution is 2.29. The van der Waals surface area contributed by atoms with Crippen LogP contribution in [0.3, 0.4) is 0 Å². The summed E-state index contributed by atoms with van der Waals surface area (Å²) >= 11 is 0. The van der Waals surface area contributed by atoms with E-state index >= 15 is 0 Å². The molecule has 6 nitrogen and oxygen atoms in total. The number of nitrogens with zero attached hydrogens (tertiary/aromatic N) is 2. The van der Waals surface area contributed by atoms with E-state index in [1.54, 1.807) is 10.9 Å². The maximum Gasteiger partial charge on any atom is 0.252 e. The van der Waals surface area contributed by atoms with Crippen LogP contribution in [0.25, 0.3) is 0 Å². The zero-order valence-electron chi connectivity index (χ0n) is 14.9. The van der Waals surface area contributed by atoms with Gasteiger partial charge in [-0.15, -0.1) is 0 Å². The lowest BCUT2D eigenvalue weighted by atomic mass is 9.87. The summed E-state index contributed by atoms with van der Waals surface area (Å²) in [5.74, 6) is -0.0142. The van der Waals surface area contributed by atoms with Gasteiger partial charge in [-0.3, -0.25) is 9.48 Å². The second kappa shape index (κ2) is 7.80. The van der Waals surface area contributed by atoms with Crippen molar-refractivity contribution in [3.63, 3.8) is 0 Å². The van der Waals surface area contributed by atoms with E-state index in [1.165, 1.54) is 0 Å². The fourth-order valence-electron chi connectivity index (χ4n) is 3.17. The minimum Gasteiger partial charge on any atom is -0.374 e. The average Bonchev–Trinajstić information content (AvgIpc) is 3.16. The molecule has 0 bridgehead atoms. The molecule has 2 N–H and O–H groups in total. The highest BCUT2D eigenvalue weighted by molar-refractivity contribution is 5.96. The van der Waals surface area contributed by atoms with Gasteiger partial charge < -0.3 is 15.4 Å². The fourth-order valence-corrected chi connectivity index (χ4v) is 3.17. The Balaban J connectivity index is 1.77. The molecule has 2 aromatic rings. The Kier molecular flexibility index (Phi) is 5.50. The Labute approximate surface area is 148 Å². The third kappa shape index (κ3) is 4.08. The van der Waals surface area contributed by atoms with Gasteiger partial charge in [0.05, 0.1) is 12.7 Å². The van der Waals surface area contributed by atoms with E-state index in [4.69, 9.17) is 4.74 Å². The molecule has 0 atom stereocenters. The number of benzene rings is 1. The summed E-state index contributed by atoms with van der Waals surface area (Å²) in [6.45, 7) is 6.16. The van der Waals surface area contributed by atoms with Gasteiger partial charge in [0.15, 0.2) is 0 Å². The van der Waals surface area contributed by atoms with Crippen LogP contribution in [0.5, 0.6) is 0 Å². The molecule has 134 valence electrons. The van der Waals surface area contributed by atoms with E-state index in [1.807, 2.05) is 50.4 Å². The highest BCUT2D eigenvalue weighted by Gasteiger charge is 2.42. The molecular formula is C19H26N4O2. The Bertz CT molecular complexity index is 691. The minimum absolute atomic E-state index is 0.0142. The zero-order valence-corrected chi connectivity index (χ0v) is 14.9. The predicted molar refractivity (Wildman–Crippen MR) is 97.3 cm³/mol. The van der Waals surface area contributed by atoms with Gasteiger partial charge in [-0.2, -0.15) is 5.10 Å². The smallest absolute Gasteiger partial charge is 0.252 e. The van der Waals surface area contributed by atoms with Crippen LogP contribution in [0, 0.1) is 0 Å². The second-order valence-electron chi connectivity index (χ2n) is 6.75. The quantitative estimate of drug-likeness (QED) is 0.846. The summed E-state index contributed by atoms with van der Waals surface area (Å²) in [5, 5.41) is 10.8. The topological polar surface area (TPSA) is 68.2 Å². The minimum atomic E-state index is -0.640. The van der Waals surface area contributed by atoms with Gasteiger partial charge in [0.2, 0.25) is 0 Å². The monoisotopic (exact) mass is 342 g/mol. The molecule has 1 amide bonds. The molecule has 0 radical (unpaired) electrons. The predicted octanol–water partition coefficient (Wildman–Crippen LogP) is 2.53. The molecule has 25 heavy (non-hydrogen) atoms. The third-order valence-corrected chi connectivity index (χ3v) is 4.56. The van der Waals surface area contributed by atoms with Crippen LogP contribution in [0.4, 0.5) is 5.69 Å². The Morgan fingerprint density at radius 2 is 2.16 bits per heavy atom. The van der Waals surface area contributed by atoms with E-state index in [-0.39, 0.29) is 12.0 Å². The molecule has 1 saturated heterocycles. The maximum atomic E-state index is 13.1. The first-order chi connectivity index (χ1) is 12.1. The molecule has 0 aliphatic carbocycles. The Morgan fingerprint density at radius 1 is 1.36 bits per heavy atom. The summed E-state index contributed by atoms with van der Waals surface area (Å²) < 4.78 is 7.45. The van der Waals surface area contributed by atoms with Gasteiger partial charge >= 0.3 is 0 Å². The highest BCUT2D eigenvalue weighted by atomic mass is 16.5. The van der Waals surface area contributed by atoms with Gasteiger partial charge in [-0.05, 0) is 63.5 Å². The van der Waals surface area contributed by atoms with Crippen molar-refractivity contribution in [1.29, 1.82) is 0 Å². The summed E-state index contributed by atoms with van der Waals surface area (Å²) in [6, 6.07) is 9.69. The third-order valence-electron chi connectivity index (χ3n) is 4.56. The summed E-state index contributed by atoms with van der Waals surface area (Å²) in [7, 11) is 0. The number of nitrogens with one attached hydrogen (secondary N) is 2. The SMILES string of the molecule is CC(C)OCc1cccc(NC(=O)C2(n3cccn3)CCNCC2)c1. The largest absolute Gasteiger partial charge is 0.374 e. The first-order valence-corrected chi connectivity index (χ1v) is 8.83. The van der Waals surface area contributed by atoms with Crippen molar-refractivity contribution >= 4 is 11.6 Å². The van der Waals surface area contributed by atoms with E-state index in [9.17, 15) is 4.79 Å². The van der Waals surface area contributed by atoms with Crippen LogP contribution >= 0.6 is 0 Å². The number of ether oxygens (including phenoxy) is 1. The van der Waals surface area contributed by atoms with E-state index in [2.05, 4.69) is 15.7 Å². The number of hydrogen-bond acceptors (Lipinski definition) is 4. The standard InChI is InChI=1S/C19H26N4O2/c1-15(2)25-14-16-5-3-6-17(13-16)22-18(24)19(7-10-20-11-8-19)23-12-4-9-21-23/h3-6,9,12-13,15,20H,7-8,10-11,14H2,1-2H3,(H,22,24). The lowest BCUT2D eigenvalue weighted by molar-refractivity contribution is -0.126. The number of piperidine rings is 1. The van der Waals surface area contributed by atoms with Gasteiger partial charge in [0.1, 0.15) is 5.54 Å². The van der Waals surface area contributed by atoms with E-state index < -0.39 is 5.54 Å². The van der Waals surface area contributed by atoms with Crippen LogP contribution in [-0.2, 0) is 21.7 Å². The molecule has 1 aliphatic rings. The molecular weight excluding hydrogens is 316 g/mol. The number of rotatable bonds is 6. The average molecular weight is 342 g/mol. The molecule has 1 aromatic carbocycles. The van der Waals surface area contributed by atoms with E-state index in [0.29, 0.717) is 6.61 Å². The number of carbonyl (C=O) groups excluding carboxylic acids is 1. The molecule has 3 rings (SSSR count). The van der Waals surface area contributed by atoms with Crippen molar-refractivity contribution in [2.45, 2.75) is 44.9 Å². The van der Waals surface area contributed by atoms with Crippen molar-refractivity contribution in [2.75, 3.05) is 18.4 Å².